The van der Waals surface area contributed by atoms with Gasteiger partial charge in [-0.15, -0.1) is 0 Å². The second kappa shape index (κ2) is 9.55. The first-order chi connectivity index (χ1) is 6.63. The molecule has 0 aliphatic rings. The molecule has 0 heteroatoms. The maximum absolute atomic E-state index is 2.24. The standard InChI is InChI=1S/C14H28/c1-13(2)11-9-7-5-6-8-10-12-14(3)4/h5-12H2,1-4H3. The fourth-order valence-corrected chi connectivity index (χ4v) is 1.66. The SMILES string of the molecule is C[C](C)CCCCCCCC[C](C)C. The van der Waals surface area contributed by atoms with E-state index in [1.54, 1.807) is 11.8 Å². The molecular formula is C14H28. The van der Waals surface area contributed by atoms with E-state index in [-0.39, 0.29) is 0 Å². The van der Waals surface area contributed by atoms with Crippen LogP contribution in [0.2, 0.25) is 0 Å². The molecule has 0 aliphatic heterocycles. The van der Waals surface area contributed by atoms with Crippen molar-refractivity contribution >= 4 is 0 Å². The van der Waals surface area contributed by atoms with Crippen LogP contribution in [0, 0.1) is 11.8 Å². The van der Waals surface area contributed by atoms with E-state index >= 15 is 0 Å². The van der Waals surface area contributed by atoms with Crippen molar-refractivity contribution in [1.82, 2.24) is 0 Å². The zero-order valence-corrected chi connectivity index (χ0v) is 10.7. The summed E-state index contributed by atoms with van der Waals surface area (Å²) >= 11 is 0. The van der Waals surface area contributed by atoms with E-state index in [4.69, 9.17) is 0 Å². The van der Waals surface area contributed by atoms with E-state index in [9.17, 15) is 0 Å². The Kier molecular flexibility index (Phi) is 9.55. The van der Waals surface area contributed by atoms with Gasteiger partial charge in [-0.25, -0.2) is 0 Å². The van der Waals surface area contributed by atoms with Crippen LogP contribution in [0.25, 0.3) is 0 Å². The monoisotopic (exact) mass is 196 g/mol. The molecule has 0 aromatic rings. The Labute approximate surface area is 91.5 Å². The van der Waals surface area contributed by atoms with Crippen LogP contribution in [-0.4, -0.2) is 0 Å². The molecule has 0 unspecified atom stereocenters. The largest absolute Gasteiger partial charge is 0.0594 e. The summed E-state index contributed by atoms with van der Waals surface area (Å²) in [5, 5.41) is 0. The highest BCUT2D eigenvalue weighted by Gasteiger charge is 1.96. The highest BCUT2D eigenvalue weighted by molar-refractivity contribution is 4.76. The molecule has 0 N–H and O–H groups in total. The minimum absolute atomic E-state index is 1.34. The molecule has 0 aromatic heterocycles. The molecule has 2 radical (unpaired) electrons. The second-order valence-corrected chi connectivity index (χ2v) is 5.04. The summed E-state index contributed by atoms with van der Waals surface area (Å²) in [6.07, 6.45) is 11.2. The summed E-state index contributed by atoms with van der Waals surface area (Å²) in [6.45, 7) is 8.94. The third-order valence-corrected chi connectivity index (χ3v) is 2.60. The van der Waals surface area contributed by atoms with Gasteiger partial charge in [0.2, 0.25) is 0 Å². The quantitative estimate of drug-likeness (QED) is 0.437. The van der Waals surface area contributed by atoms with Crippen LogP contribution in [0.1, 0.15) is 79.1 Å². The van der Waals surface area contributed by atoms with Crippen molar-refractivity contribution < 1.29 is 0 Å². The van der Waals surface area contributed by atoms with Crippen molar-refractivity contribution in [2.24, 2.45) is 0 Å². The van der Waals surface area contributed by atoms with Crippen LogP contribution >= 0.6 is 0 Å². The lowest BCUT2D eigenvalue weighted by Gasteiger charge is -2.05. The van der Waals surface area contributed by atoms with Crippen molar-refractivity contribution in [2.45, 2.75) is 79.1 Å². The van der Waals surface area contributed by atoms with Crippen LogP contribution in [0.15, 0.2) is 0 Å². The lowest BCUT2D eigenvalue weighted by atomic mass is 10.0. The Morgan fingerprint density at radius 1 is 0.500 bits per heavy atom. The second-order valence-electron chi connectivity index (χ2n) is 5.04. The van der Waals surface area contributed by atoms with E-state index in [1.165, 1.54) is 51.4 Å². The predicted molar refractivity (Wildman–Crippen MR) is 66.1 cm³/mol. The molecule has 0 nitrogen and oxygen atoms in total. The van der Waals surface area contributed by atoms with Gasteiger partial charge in [-0.05, 0) is 24.7 Å². The fraction of sp³-hybridized carbons (Fsp3) is 0.857. The molecule has 0 atom stereocenters. The Balaban J connectivity index is 2.92. The third kappa shape index (κ3) is 12.0. The van der Waals surface area contributed by atoms with Crippen molar-refractivity contribution in [2.75, 3.05) is 0 Å². The first kappa shape index (κ1) is 14.0. The molecule has 0 amide bonds. The normalized spacial score (nSPS) is 11.6. The molecule has 0 bridgehead atoms. The summed E-state index contributed by atoms with van der Waals surface area (Å²) in [5.41, 5.74) is 0. The topological polar surface area (TPSA) is 0 Å². The molecule has 0 aromatic carbocycles. The molecular weight excluding hydrogens is 168 g/mol. The van der Waals surface area contributed by atoms with Gasteiger partial charge in [0.25, 0.3) is 0 Å². The molecule has 0 heterocycles. The van der Waals surface area contributed by atoms with E-state index in [2.05, 4.69) is 27.7 Å². The Bertz CT molecular complexity index is 88.6. The minimum Gasteiger partial charge on any atom is -0.0594 e. The molecule has 0 saturated carbocycles. The van der Waals surface area contributed by atoms with Crippen LogP contribution in [0.4, 0.5) is 0 Å². The fourth-order valence-electron chi connectivity index (χ4n) is 1.66. The van der Waals surface area contributed by atoms with Crippen LogP contribution in [-0.2, 0) is 0 Å². The smallest absolute Gasteiger partial charge is 0.0303 e. The number of hydrogen-bond donors (Lipinski definition) is 0. The van der Waals surface area contributed by atoms with Crippen molar-refractivity contribution in [1.29, 1.82) is 0 Å². The maximum Gasteiger partial charge on any atom is -0.0303 e. The third-order valence-electron chi connectivity index (χ3n) is 2.60. The summed E-state index contributed by atoms with van der Waals surface area (Å²) in [4.78, 5) is 0. The summed E-state index contributed by atoms with van der Waals surface area (Å²) < 4.78 is 0. The summed E-state index contributed by atoms with van der Waals surface area (Å²) in [6, 6.07) is 0. The van der Waals surface area contributed by atoms with Crippen molar-refractivity contribution in [3.8, 4) is 0 Å². The molecule has 84 valence electrons. The Morgan fingerprint density at radius 3 is 1.07 bits per heavy atom. The summed E-state index contributed by atoms with van der Waals surface area (Å²) in [5.74, 6) is 3.17. The zero-order chi connectivity index (χ0) is 10.8. The van der Waals surface area contributed by atoms with Crippen LogP contribution < -0.4 is 0 Å². The lowest BCUT2D eigenvalue weighted by molar-refractivity contribution is 0.574. The van der Waals surface area contributed by atoms with E-state index < -0.39 is 0 Å². The van der Waals surface area contributed by atoms with Gasteiger partial charge in [-0.3, -0.25) is 0 Å². The van der Waals surface area contributed by atoms with E-state index in [0.29, 0.717) is 0 Å². The van der Waals surface area contributed by atoms with Gasteiger partial charge in [-0.1, -0.05) is 66.2 Å². The Morgan fingerprint density at radius 2 is 0.786 bits per heavy atom. The van der Waals surface area contributed by atoms with Gasteiger partial charge >= 0.3 is 0 Å². The highest BCUT2D eigenvalue weighted by atomic mass is 14.0. The van der Waals surface area contributed by atoms with Crippen LogP contribution in [0.3, 0.4) is 0 Å². The van der Waals surface area contributed by atoms with Crippen LogP contribution in [0.5, 0.6) is 0 Å². The van der Waals surface area contributed by atoms with Crippen molar-refractivity contribution in [3.05, 3.63) is 11.8 Å². The number of hydrogen-bond acceptors (Lipinski definition) is 0. The molecule has 0 fully saturated rings. The molecule has 0 rings (SSSR count). The Hall–Kier alpha value is 0. The van der Waals surface area contributed by atoms with Gasteiger partial charge in [0.1, 0.15) is 0 Å². The first-order valence-corrected chi connectivity index (χ1v) is 6.21. The number of rotatable bonds is 9. The lowest BCUT2D eigenvalue weighted by Crippen LogP contribution is -1.87. The van der Waals surface area contributed by atoms with E-state index in [1.807, 2.05) is 0 Å². The average Bonchev–Trinajstić information content (AvgIpc) is 2.08. The molecule has 0 saturated heterocycles. The van der Waals surface area contributed by atoms with E-state index in [0.717, 1.165) is 0 Å². The highest BCUT2D eigenvalue weighted by Crippen LogP contribution is 2.14. The molecule has 14 heavy (non-hydrogen) atoms. The predicted octanol–water partition coefficient (Wildman–Crippen LogP) is 5.34. The van der Waals surface area contributed by atoms with Crippen molar-refractivity contribution in [3.63, 3.8) is 0 Å². The zero-order valence-electron chi connectivity index (χ0n) is 10.7. The van der Waals surface area contributed by atoms with Gasteiger partial charge in [0.15, 0.2) is 0 Å². The van der Waals surface area contributed by atoms with Gasteiger partial charge in [0.05, 0.1) is 0 Å². The van der Waals surface area contributed by atoms with Gasteiger partial charge in [0, 0.05) is 0 Å². The molecule has 0 aliphatic carbocycles. The average molecular weight is 196 g/mol. The number of unbranched alkanes of at least 4 members (excludes halogenated alkanes) is 5. The van der Waals surface area contributed by atoms with Gasteiger partial charge < -0.3 is 0 Å². The van der Waals surface area contributed by atoms with Gasteiger partial charge in [-0.2, -0.15) is 0 Å². The summed E-state index contributed by atoms with van der Waals surface area (Å²) in [7, 11) is 0. The maximum atomic E-state index is 2.24. The first-order valence-electron chi connectivity index (χ1n) is 6.21. The minimum atomic E-state index is 1.34. The molecule has 0 spiro atoms.